The summed E-state index contributed by atoms with van der Waals surface area (Å²) in [6.45, 7) is -1.36. The van der Waals surface area contributed by atoms with Crippen molar-refractivity contribution < 1.29 is 18.0 Å². The zero-order valence-corrected chi connectivity index (χ0v) is 12.2. The van der Waals surface area contributed by atoms with Crippen molar-refractivity contribution in [2.24, 2.45) is 18.5 Å². The first-order valence-corrected chi connectivity index (χ1v) is 7.01. The minimum absolute atomic E-state index is 0.0473. The van der Waals surface area contributed by atoms with Gasteiger partial charge in [0.2, 0.25) is 16.8 Å². The van der Waals surface area contributed by atoms with Gasteiger partial charge in [0.05, 0.1) is 13.1 Å². The van der Waals surface area contributed by atoms with Gasteiger partial charge in [-0.15, -0.1) is 5.10 Å². The Labute approximate surface area is 116 Å². The molecule has 12 heteroatoms. The van der Waals surface area contributed by atoms with Crippen LogP contribution in [0.1, 0.15) is 0 Å². The van der Waals surface area contributed by atoms with E-state index in [1.165, 1.54) is 7.05 Å². The maximum Gasteiger partial charge on any atom is 0.264 e. The van der Waals surface area contributed by atoms with Crippen molar-refractivity contribution in [2.45, 2.75) is 5.03 Å². The molecule has 0 saturated heterocycles. The number of aryl methyl sites for hydroxylation is 1. The molecule has 2 amide bonds. The first-order chi connectivity index (χ1) is 8.66. The molecule has 0 bridgehead atoms. The van der Waals surface area contributed by atoms with Crippen LogP contribution in [0.4, 0.5) is 0 Å². The lowest BCUT2D eigenvalue weighted by atomic mass is 10.5. The fraction of sp³-hybridized carbons (Fsp3) is 0.429. The molecular weight excluding hydrogens is 344 g/mol. The summed E-state index contributed by atoms with van der Waals surface area (Å²) in [6.07, 6.45) is 0. The lowest BCUT2D eigenvalue weighted by Crippen LogP contribution is -2.43. The smallest absolute Gasteiger partial charge is 0.264 e. The number of hydrogen-bond acceptors (Lipinski definition) is 6. The number of rotatable bonds is 6. The normalized spacial score (nSPS) is 11.7. The average Bonchev–Trinajstić information content (AvgIpc) is 2.56. The number of sulfonamides is 1. The van der Waals surface area contributed by atoms with Crippen LogP contribution in [0.3, 0.4) is 0 Å². The van der Waals surface area contributed by atoms with Gasteiger partial charge in [-0.3, -0.25) is 9.59 Å². The fourth-order valence-electron chi connectivity index (χ4n) is 1.29. The van der Waals surface area contributed by atoms with Gasteiger partial charge in [0, 0.05) is 7.05 Å². The number of aromatic nitrogens is 3. The third-order valence-corrected chi connectivity index (χ3v) is 4.67. The molecule has 0 aromatic carbocycles. The van der Waals surface area contributed by atoms with Crippen molar-refractivity contribution in [3.05, 3.63) is 4.60 Å². The molecular formula is C7H11BrN6O4S. The molecule has 0 fully saturated rings. The van der Waals surface area contributed by atoms with Gasteiger partial charge in [-0.05, 0) is 15.9 Å². The summed E-state index contributed by atoms with van der Waals surface area (Å²) in [5.41, 5.74) is 9.90. The zero-order valence-electron chi connectivity index (χ0n) is 9.78. The van der Waals surface area contributed by atoms with Crippen LogP contribution in [0.25, 0.3) is 0 Å². The molecule has 1 rings (SSSR count). The van der Waals surface area contributed by atoms with E-state index in [-0.39, 0.29) is 9.63 Å². The summed E-state index contributed by atoms with van der Waals surface area (Å²) in [5.74, 6) is -1.84. The van der Waals surface area contributed by atoms with E-state index in [2.05, 4.69) is 26.2 Å². The largest absolute Gasteiger partial charge is 0.369 e. The minimum atomic E-state index is -4.19. The van der Waals surface area contributed by atoms with Crippen LogP contribution >= 0.6 is 15.9 Å². The summed E-state index contributed by atoms with van der Waals surface area (Å²) in [6, 6.07) is 0. The summed E-state index contributed by atoms with van der Waals surface area (Å²) >= 11 is 2.92. The van der Waals surface area contributed by atoms with Crippen LogP contribution < -0.4 is 11.5 Å². The van der Waals surface area contributed by atoms with Gasteiger partial charge in [-0.2, -0.15) is 4.31 Å². The predicted molar refractivity (Wildman–Crippen MR) is 65.9 cm³/mol. The Morgan fingerprint density at radius 3 is 2.11 bits per heavy atom. The summed E-state index contributed by atoms with van der Waals surface area (Å²) in [4.78, 5) is 21.8. The second-order valence-electron chi connectivity index (χ2n) is 3.51. The second-order valence-corrected chi connectivity index (χ2v) is 6.12. The van der Waals surface area contributed by atoms with Crippen molar-refractivity contribution in [1.29, 1.82) is 0 Å². The Kier molecular flexibility index (Phi) is 4.60. The quantitative estimate of drug-likeness (QED) is 0.577. The monoisotopic (exact) mass is 354 g/mol. The number of nitrogens with zero attached hydrogens (tertiary/aromatic N) is 4. The van der Waals surface area contributed by atoms with E-state index in [1.807, 2.05) is 0 Å². The SMILES string of the molecule is Cn1nnc(Br)c1S(=O)(=O)N(CC(N)=O)CC(N)=O. The number of primary amides is 2. The maximum absolute atomic E-state index is 12.3. The minimum Gasteiger partial charge on any atom is -0.369 e. The molecule has 4 N–H and O–H groups in total. The van der Waals surface area contributed by atoms with E-state index in [0.717, 1.165) is 4.68 Å². The van der Waals surface area contributed by atoms with E-state index >= 15 is 0 Å². The molecule has 0 aliphatic carbocycles. The third-order valence-electron chi connectivity index (χ3n) is 1.99. The van der Waals surface area contributed by atoms with Gasteiger partial charge >= 0.3 is 0 Å². The van der Waals surface area contributed by atoms with Crippen LogP contribution in [0.5, 0.6) is 0 Å². The van der Waals surface area contributed by atoms with Gasteiger partial charge < -0.3 is 11.5 Å². The van der Waals surface area contributed by atoms with Gasteiger partial charge in [0.1, 0.15) is 0 Å². The van der Waals surface area contributed by atoms with Gasteiger partial charge in [0.15, 0.2) is 4.60 Å². The maximum atomic E-state index is 12.3. The van der Waals surface area contributed by atoms with Crippen LogP contribution in [-0.4, -0.2) is 52.6 Å². The van der Waals surface area contributed by atoms with Crippen LogP contribution in [0.2, 0.25) is 0 Å². The molecule has 1 aromatic rings. The van der Waals surface area contributed by atoms with Gasteiger partial charge in [-0.1, -0.05) is 5.21 Å². The van der Waals surface area contributed by atoms with Crippen molar-refractivity contribution in [3.8, 4) is 0 Å². The number of carbonyl (C=O) groups is 2. The van der Waals surface area contributed by atoms with Crippen LogP contribution in [0, 0.1) is 0 Å². The van der Waals surface area contributed by atoms with E-state index in [0.29, 0.717) is 4.31 Å². The van der Waals surface area contributed by atoms with E-state index < -0.39 is 34.9 Å². The highest BCUT2D eigenvalue weighted by Crippen LogP contribution is 2.21. The Bertz CT molecular complexity index is 576. The number of carbonyl (C=O) groups excluding carboxylic acids is 2. The molecule has 1 aromatic heterocycles. The highest BCUT2D eigenvalue weighted by atomic mass is 79.9. The van der Waals surface area contributed by atoms with Crippen molar-refractivity contribution in [2.75, 3.05) is 13.1 Å². The third kappa shape index (κ3) is 3.48. The van der Waals surface area contributed by atoms with Gasteiger partial charge in [0.25, 0.3) is 10.0 Å². The molecule has 0 aliphatic heterocycles. The lowest BCUT2D eigenvalue weighted by molar-refractivity contribution is -0.120. The molecule has 10 nitrogen and oxygen atoms in total. The molecule has 106 valence electrons. The van der Waals surface area contributed by atoms with Gasteiger partial charge in [-0.25, -0.2) is 13.1 Å². The van der Waals surface area contributed by atoms with Crippen molar-refractivity contribution in [1.82, 2.24) is 19.3 Å². The van der Waals surface area contributed by atoms with E-state index in [9.17, 15) is 18.0 Å². The first kappa shape index (κ1) is 15.5. The van der Waals surface area contributed by atoms with E-state index in [1.54, 1.807) is 0 Å². The molecule has 0 saturated carbocycles. The lowest BCUT2D eigenvalue weighted by Gasteiger charge is -2.18. The average molecular weight is 355 g/mol. The Hall–Kier alpha value is -1.53. The molecule has 0 atom stereocenters. The van der Waals surface area contributed by atoms with Crippen molar-refractivity contribution >= 4 is 37.8 Å². The highest BCUT2D eigenvalue weighted by molar-refractivity contribution is 9.10. The Morgan fingerprint density at radius 2 is 1.79 bits per heavy atom. The van der Waals surface area contributed by atoms with Crippen molar-refractivity contribution in [3.63, 3.8) is 0 Å². The molecule has 0 unspecified atom stereocenters. The molecule has 0 aliphatic rings. The Balaban J connectivity index is 3.27. The zero-order chi connectivity index (χ0) is 14.8. The predicted octanol–water partition coefficient (Wildman–Crippen LogP) is -2.46. The first-order valence-electron chi connectivity index (χ1n) is 4.78. The standard InChI is InChI=1S/C7H11BrN6O4S/c1-13-7(6(8)11-12-13)19(17,18)14(2-4(9)15)3-5(10)16/h2-3H2,1H3,(H2,9,15)(H2,10,16). The fourth-order valence-corrected chi connectivity index (χ4v) is 3.70. The number of hydrogen-bond donors (Lipinski definition) is 2. The second kappa shape index (κ2) is 5.63. The highest BCUT2D eigenvalue weighted by Gasteiger charge is 2.32. The molecule has 1 heterocycles. The van der Waals surface area contributed by atoms with E-state index in [4.69, 9.17) is 11.5 Å². The topological polar surface area (TPSA) is 154 Å². The number of nitrogens with two attached hydrogens (primary N) is 2. The summed E-state index contributed by atoms with van der Waals surface area (Å²) in [5, 5.41) is 6.71. The number of amides is 2. The molecule has 0 spiro atoms. The molecule has 19 heavy (non-hydrogen) atoms. The summed E-state index contributed by atoms with van der Waals surface area (Å²) < 4.78 is 26.1. The van der Waals surface area contributed by atoms with Crippen LogP contribution in [0.15, 0.2) is 9.63 Å². The van der Waals surface area contributed by atoms with Crippen LogP contribution in [-0.2, 0) is 26.7 Å². The number of halogens is 1. The molecule has 0 radical (unpaired) electrons. The Morgan fingerprint density at radius 1 is 1.32 bits per heavy atom. The summed E-state index contributed by atoms with van der Waals surface area (Å²) in [7, 11) is -2.84.